The summed E-state index contributed by atoms with van der Waals surface area (Å²) in [7, 11) is -1.02. The second-order valence-electron chi connectivity index (χ2n) is 7.38. The standard InChI is InChI=1S/C24H25ClNO8P/c1-5-33-35(28,34-6-2)24(26-15-9-7-14(25)8-10-15)17-13-32-22-18(19(17)27)20(29-3)16-11-12-31-21(16)23(22)30-4/h7-13,24,26H,5-6H2,1-4H3. The lowest BCUT2D eigenvalue weighted by Crippen LogP contribution is -2.22. The highest BCUT2D eigenvalue weighted by Crippen LogP contribution is 2.60. The summed E-state index contributed by atoms with van der Waals surface area (Å²) in [5, 5.41) is 4.28. The molecule has 2 aromatic heterocycles. The molecule has 1 N–H and O–H groups in total. The smallest absolute Gasteiger partial charge is 0.357 e. The second kappa shape index (κ2) is 10.3. The summed E-state index contributed by atoms with van der Waals surface area (Å²) in [6, 6.07) is 8.38. The van der Waals surface area contributed by atoms with Crippen LogP contribution in [-0.2, 0) is 13.6 Å². The summed E-state index contributed by atoms with van der Waals surface area (Å²) >= 11 is 6.02. The molecule has 4 aromatic rings. The molecule has 0 spiro atoms. The van der Waals surface area contributed by atoms with Crippen molar-refractivity contribution in [2.75, 3.05) is 32.8 Å². The maximum absolute atomic E-state index is 14.0. The van der Waals surface area contributed by atoms with Crippen molar-refractivity contribution in [3.63, 3.8) is 0 Å². The van der Waals surface area contributed by atoms with Crippen LogP contribution in [0.1, 0.15) is 25.2 Å². The highest BCUT2D eigenvalue weighted by molar-refractivity contribution is 7.54. The zero-order valence-electron chi connectivity index (χ0n) is 19.6. The fourth-order valence-electron chi connectivity index (χ4n) is 3.92. The molecule has 0 aliphatic carbocycles. The Morgan fingerprint density at radius 2 is 1.63 bits per heavy atom. The van der Waals surface area contributed by atoms with Gasteiger partial charge >= 0.3 is 7.60 Å². The molecule has 0 radical (unpaired) electrons. The number of anilines is 1. The summed E-state index contributed by atoms with van der Waals surface area (Å²) < 4.78 is 47.7. The number of ether oxygens (including phenoxy) is 2. The molecule has 1 unspecified atom stereocenters. The van der Waals surface area contributed by atoms with Crippen molar-refractivity contribution < 1.29 is 31.9 Å². The highest BCUT2D eigenvalue weighted by atomic mass is 35.5. The van der Waals surface area contributed by atoms with E-state index in [1.165, 1.54) is 26.7 Å². The fraction of sp³-hybridized carbons (Fsp3) is 0.292. The third-order valence-electron chi connectivity index (χ3n) is 5.35. The Hall–Kier alpha value is -2.97. The van der Waals surface area contributed by atoms with Crippen LogP contribution in [0.5, 0.6) is 11.5 Å². The molecule has 0 saturated carbocycles. The predicted molar refractivity (Wildman–Crippen MR) is 134 cm³/mol. The number of rotatable bonds is 10. The number of benzene rings is 2. The third kappa shape index (κ3) is 4.52. The first-order valence-corrected chi connectivity index (χ1v) is 12.8. The Morgan fingerprint density at radius 3 is 2.23 bits per heavy atom. The Balaban J connectivity index is 2.01. The van der Waals surface area contributed by atoms with Crippen LogP contribution in [0.25, 0.3) is 21.9 Å². The zero-order valence-corrected chi connectivity index (χ0v) is 21.3. The average Bonchev–Trinajstić information content (AvgIpc) is 3.32. The van der Waals surface area contributed by atoms with Crippen molar-refractivity contribution in [1.29, 1.82) is 0 Å². The quantitative estimate of drug-likeness (QED) is 0.231. The van der Waals surface area contributed by atoms with Gasteiger partial charge in [-0.25, -0.2) is 0 Å². The number of hydrogen-bond acceptors (Lipinski definition) is 9. The maximum atomic E-state index is 14.0. The fourth-order valence-corrected chi connectivity index (χ4v) is 5.97. The van der Waals surface area contributed by atoms with Gasteiger partial charge in [0.2, 0.25) is 11.2 Å². The molecule has 1 atom stereocenters. The van der Waals surface area contributed by atoms with Gasteiger partial charge in [0.1, 0.15) is 17.4 Å². The van der Waals surface area contributed by atoms with Crippen molar-refractivity contribution in [1.82, 2.24) is 0 Å². The minimum atomic E-state index is -3.91. The van der Waals surface area contributed by atoms with Gasteiger partial charge < -0.3 is 32.7 Å². The molecule has 11 heteroatoms. The van der Waals surface area contributed by atoms with Crippen molar-refractivity contribution >= 4 is 46.8 Å². The minimum Gasteiger partial charge on any atom is -0.495 e. The number of fused-ring (bicyclic) bond motifs is 2. The molecule has 2 aromatic carbocycles. The Labute approximate surface area is 206 Å². The lowest BCUT2D eigenvalue weighted by Gasteiger charge is -2.27. The van der Waals surface area contributed by atoms with Crippen LogP contribution < -0.4 is 20.2 Å². The van der Waals surface area contributed by atoms with Gasteiger partial charge in [0.05, 0.1) is 44.6 Å². The molecule has 2 heterocycles. The largest absolute Gasteiger partial charge is 0.495 e. The number of halogens is 1. The van der Waals surface area contributed by atoms with E-state index in [1.54, 1.807) is 44.2 Å². The van der Waals surface area contributed by atoms with E-state index in [9.17, 15) is 9.36 Å². The second-order valence-corrected chi connectivity index (χ2v) is 9.93. The molecule has 0 aliphatic heterocycles. The molecule has 0 amide bonds. The molecule has 35 heavy (non-hydrogen) atoms. The van der Waals surface area contributed by atoms with Crippen LogP contribution in [0.2, 0.25) is 5.02 Å². The summed E-state index contributed by atoms with van der Waals surface area (Å²) in [6.45, 7) is 3.58. The Bertz CT molecular complexity index is 1440. The number of furan rings is 1. The Morgan fingerprint density at radius 1 is 0.971 bits per heavy atom. The maximum Gasteiger partial charge on any atom is 0.357 e. The van der Waals surface area contributed by atoms with Crippen LogP contribution >= 0.6 is 19.2 Å². The minimum absolute atomic E-state index is 0.0286. The van der Waals surface area contributed by atoms with E-state index in [2.05, 4.69) is 5.32 Å². The molecular formula is C24H25ClNO8P. The van der Waals surface area contributed by atoms with Gasteiger partial charge in [-0.2, -0.15) is 0 Å². The number of methoxy groups -OCH3 is 2. The molecule has 0 aliphatic rings. The van der Waals surface area contributed by atoms with Gasteiger partial charge in [-0.3, -0.25) is 9.36 Å². The van der Waals surface area contributed by atoms with E-state index in [1.807, 2.05) is 0 Å². The number of hydrogen-bond donors (Lipinski definition) is 1. The van der Waals surface area contributed by atoms with E-state index < -0.39 is 18.8 Å². The predicted octanol–water partition coefficient (Wildman–Crippen LogP) is 6.59. The van der Waals surface area contributed by atoms with Crippen molar-refractivity contribution in [2.24, 2.45) is 0 Å². The first kappa shape index (κ1) is 25.1. The first-order valence-electron chi connectivity index (χ1n) is 10.9. The van der Waals surface area contributed by atoms with Gasteiger partial charge in [-0.1, -0.05) is 11.6 Å². The van der Waals surface area contributed by atoms with E-state index in [0.29, 0.717) is 21.7 Å². The van der Waals surface area contributed by atoms with Gasteiger partial charge in [-0.05, 0) is 44.2 Å². The van der Waals surface area contributed by atoms with Crippen LogP contribution in [0.4, 0.5) is 5.69 Å². The van der Waals surface area contributed by atoms with E-state index in [0.717, 1.165) is 0 Å². The summed E-state index contributed by atoms with van der Waals surface area (Å²) in [5.41, 5.74) is 0.594. The normalized spacial score (nSPS) is 12.7. The van der Waals surface area contributed by atoms with Crippen LogP contribution in [0, 0.1) is 0 Å². The van der Waals surface area contributed by atoms with Gasteiger partial charge in [0.25, 0.3) is 0 Å². The van der Waals surface area contributed by atoms with Crippen LogP contribution in [0.15, 0.2) is 56.5 Å². The van der Waals surface area contributed by atoms with Crippen molar-refractivity contribution in [3.05, 3.63) is 63.7 Å². The molecule has 186 valence electrons. The SMILES string of the molecule is CCOP(=O)(OCC)C(Nc1ccc(Cl)cc1)c1coc2c(OC)c3occc3c(OC)c2c1=O. The molecule has 0 fully saturated rings. The number of nitrogens with one attached hydrogen (secondary N) is 1. The third-order valence-corrected chi connectivity index (χ3v) is 7.88. The molecule has 0 bridgehead atoms. The first-order chi connectivity index (χ1) is 16.9. The molecule has 9 nitrogen and oxygen atoms in total. The monoisotopic (exact) mass is 521 g/mol. The van der Waals surface area contributed by atoms with E-state index >= 15 is 0 Å². The van der Waals surface area contributed by atoms with E-state index in [-0.39, 0.29) is 41.2 Å². The summed E-state index contributed by atoms with van der Waals surface area (Å²) in [5.74, 6) is -0.711. The van der Waals surface area contributed by atoms with Crippen LogP contribution in [0.3, 0.4) is 0 Å². The van der Waals surface area contributed by atoms with E-state index in [4.69, 9.17) is 39.0 Å². The Kier molecular flexibility index (Phi) is 7.42. The molecule has 4 rings (SSSR count). The highest BCUT2D eigenvalue weighted by Gasteiger charge is 2.40. The summed E-state index contributed by atoms with van der Waals surface area (Å²) in [6.07, 6.45) is 2.68. The lowest BCUT2D eigenvalue weighted by atomic mass is 10.1. The average molecular weight is 522 g/mol. The van der Waals surface area contributed by atoms with Gasteiger partial charge in [-0.15, -0.1) is 0 Å². The lowest BCUT2D eigenvalue weighted by molar-refractivity contribution is 0.214. The van der Waals surface area contributed by atoms with Gasteiger partial charge in [0, 0.05) is 10.7 Å². The van der Waals surface area contributed by atoms with Crippen molar-refractivity contribution in [3.8, 4) is 11.5 Å². The van der Waals surface area contributed by atoms with Crippen LogP contribution in [-0.4, -0.2) is 27.4 Å². The van der Waals surface area contributed by atoms with Crippen molar-refractivity contribution in [2.45, 2.75) is 19.6 Å². The topological polar surface area (TPSA) is 109 Å². The van der Waals surface area contributed by atoms with Gasteiger partial charge in [0.15, 0.2) is 16.9 Å². The molecule has 0 saturated heterocycles. The molecular weight excluding hydrogens is 497 g/mol. The summed E-state index contributed by atoms with van der Waals surface area (Å²) in [4.78, 5) is 14.0. The zero-order chi connectivity index (χ0) is 25.2.